The molecule has 4 aromatic carbocycles. The van der Waals surface area contributed by atoms with Crippen LogP contribution in [-0.2, 0) is 17.6 Å². The van der Waals surface area contributed by atoms with Gasteiger partial charge in [-0.05, 0) is 77.5 Å². The monoisotopic (exact) mass is 577 g/mol. The van der Waals surface area contributed by atoms with E-state index in [1.807, 2.05) is 43.4 Å². The summed E-state index contributed by atoms with van der Waals surface area (Å²) in [7, 11) is 3.42. The number of esters is 1. The Morgan fingerprint density at radius 3 is 2.19 bits per heavy atom. The molecule has 5 aromatic rings. The molecule has 0 atom stereocenters. The Kier molecular flexibility index (Phi) is 9.12. The molecule has 0 fully saturated rings. The van der Waals surface area contributed by atoms with Crippen molar-refractivity contribution in [2.24, 2.45) is 5.11 Å². The maximum Gasteiger partial charge on any atom is 0.337 e. The summed E-state index contributed by atoms with van der Waals surface area (Å²) < 4.78 is 7.23. The van der Waals surface area contributed by atoms with Crippen molar-refractivity contribution in [3.05, 3.63) is 147 Å². The van der Waals surface area contributed by atoms with E-state index < -0.39 is 0 Å². The summed E-state index contributed by atoms with van der Waals surface area (Å²) in [5, 5.41) is 5.67. The zero-order chi connectivity index (χ0) is 29.5. The molecule has 0 bridgehead atoms. The van der Waals surface area contributed by atoms with E-state index in [9.17, 15) is 4.79 Å². The van der Waals surface area contributed by atoms with Crippen LogP contribution in [0.2, 0.25) is 5.02 Å². The van der Waals surface area contributed by atoms with Crippen LogP contribution in [0.5, 0.6) is 0 Å². The normalized spacial score (nSPS) is 11.0. The lowest BCUT2D eigenvalue weighted by Gasteiger charge is -2.25. The largest absolute Gasteiger partial charge is 0.465 e. The van der Waals surface area contributed by atoms with Gasteiger partial charge in [-0.1, -0.05) is 77.4 Å². The molecule has 0 saturated carbocycles. The smallest absolute Gasteiger partial charge is 0.337 e. The molecule has 0 aliphatic heterocycles. The van der Waals surface area contributed by atoms with Crippen molar-refractivity contribution >= 4 is 34.2 Å². The molecule has 0 spiro atoms. The van der Waals surface area contributed by atoms with Crippen molar-refractivity contribution in [1.29, 1.82) is 0 Å². The predicted octanol–water partition coefficient (Wildman–Crippen LogP) is 8.25. The Labute approximate surface area is 250 Å². The van der Waals surface area contributed by atoms with E-state index in [1.165, 1.54) is 12.7 Å². The fraction of sp³-hybridized carbons (Fsp3) is 0.206. The third-order valence-electron chi connectivity index (χ3n) is 7.61. The highest BCUT2D eigenvalue weighted by molar-refractivity contribution is 6.31. The van der Waals surface area contributed by atoms with Gasteiger partial charge < -0.3 is 14.2 Å². The van der Waals surface area contributed by atoms with Crippen molar-refractivity contribution in [3.63, 3.8) is 0 Å². The van der Waals surface area contributed by atoms with Crippen LogP contribution in [0.1, 0.15) is 38.8 Å². The van der Waals surface area contributed by atoms with Crippen LogP contribution >= 0.6 is 11.6 Å². The van der Waals surface area contributed by atoms with Crippen molar-refractivity contribution in [2.75, 3.05) is 32.1 Å². The number of likely N-dealkylation sites (N-methyl/N-ethyl adjacent to an activating group) is 1. The summed E-state index contributed by atoms with van der Waals surface area (Å²) in [5.74, 6) is -0.357. The topological polar surface area (TPSA) is 83.2 Å². The maximum atomic E-state index is 11.9. The predicted molar refractivity (Wildman–Crippen MR) is 170 cm³/mol. The first-order valence-corrected chi connectivity index (χ1v) is 14.2. The van der Waals surface area contributed by atoms with Crippen molar-refractivity contribution in [1.82, 2.24) is 4.57 Å². The van der Waals surface area contributed by atoms with Gasteiger partial charge in [0.1, 0.15) is 0 Å². The number of halogens is 1. The second-order valence-electron chi connectivity index (χ2n) is 10.1. The standard InChI is InChI=1S/C34H32ClN5O2/c1-39(28-16-13-26(14-17-28)34(41)42-2)22-20-29-30-23-27(35)15-18-31(30)40(32(29)19-21-37-38-36)33(24-9-5-3-6-10-24)25-11-7-4-8-12-25/h3-18,23,33H,19-22H2,1-2H3. The van der Waals surface area contributed by atoms with Crippen LogP contribution in [-0.4, -0.2) is 37.8 Å². The number of anilines is 1. The number of rotatable bonds is 11. The number of nitrogens with zero attached hydrogens (tertiary/aromatic N) is 5. The van der Waals surface area contributed by atoms with Gasteiger partial charge in [0.15, 0.2) is 0 Å². The summed E-state index contributed by atoms with van der Waals surface area (Å²) in [6.07, 6.45) is 1.32. The molecular weight excluding hydrogens is 546 g/mol. The van der Waals surface area contributed by atoms with Gasteiger partial charge in [0.05, 0.1) is 18.7 Å². The third-order valence-corrected chi connectivity index (χ3v) is 7.84. The highest BCUT2D eigenvalue weighted by atomic mass is 35.5. The molecule has 0 N–H and O–H groups in total. The van der Waals surface area contributed by atoms with E-state index in [0.717, 1.165) is 46.4 Å². The van der Waals surface area contributed by atoms with E-state index in [2.05, 4.69) is 74.1 Å². The lowest BCUT2D eigenvalue weighted by Crippen LogP contribution is -2.21. The average Bonchev–Trinajstić information content (AvgIpc) is 3.32. The Morgan fingerprint density at radius 1 is 0.952 bits per heavy atom. The summed E-state index contributed by atoms with van der Waals surface area (Å²) in [6.45, 7) is 1.06. The van der Waals surface area contributed by atoms with E-state index in [0.29, 0.717) is 23.6 Å². The number of hydrogen-bond donors (Lipinski definition) is 0. The molecule has 7 nitrogen and oxygen atoms in total. The molecule has 0 saturated heterocycles. The molecule has 1 heterocycles. The first kappa shape index (κ1) is 28.8. The van der Waals surface area contributed by atoms with Crippen LogP contribution in [0.15, 0.2) is 108 Å². The number of methoxy groups -OCH3 is 1. The fourth-order valence-electron chi connectivity index (χ4n) is 5.59. The van der Waals surface area contributed by atoms with Crippen molar-refractivity contribution in [2.45, 2.75) is 18.9 Å². The maximum absolute atomic E-state index is 11.9. The molecule has 0 unspecified atom stereocenters. The quantitative estimate of drug-likeness (QED) is 0.0685. The Morgan fingerprint density at radius 2 is 1.60 bits per heavy atom. The van der Waals surface area contributed by atoms with Crippen LogP contribution < -0.4 is 4.90 Å². The molecule has 5 rings (SSSR count). The first-order chi connectivity index (χ1) is 20.5. The van der Waals surface area contributed by atoms with Gasteiger partial charge in [0, 0.05) is 52.4 Å². The second-order valence-corrected chi connectivity index (χ2v) is 10.5. The number of carbonyl (C=O) groups excluding carboxylic acids is 1. The molecule has 0 aliphatic rings. The van der Waals surface area contributed by atoms with E-state index in [1.54, 1.807) is 12.1 Å². The number of carbonyl (C=O) groups is 1. The molecule has 42 heavy (non-hydrogen) atoms. The van der Waals surface area contributed by atoms with E-state index >= 15 is 0 Å². The molecule has 0 aliphatic carbocycles. The van der Waals surface area contributed by atoms with Gasteiger partial charge in [-0.2, -0.15) is 0 Å². The summed E-state index contributed by atoms with van der Waals surface area (Å²) in [4.78, 5) is 17.1. The Balaban J connectivity index is 1.62. The third kappa shape index (κ3) is 6.13. The number of ether oxygens (including phenoxy) is 1. The summed E-state index contributed by atoms with van der Waals surface area (Å²) in [6, 6.07) is 34.3. The summed E-state index contributed by atoms with van der Waals surface area (Å²) >= 11 is 6.58. The molecule has 0 amide bonds. The lowest BCUT2D eigenvalue weighted by molar-refractivity contribution is 0.0600. The minimum absolute atomic E-state index is 0.0884. The first-order valence-electron chi connectivity index (χ1n) is 13.8. The van der Waals surface area contributed by atoms with Crippen molar-refractivity contribution in [3.8, 4) is 0 Å². The van der Waals surface area contributed by atoms with Crippen LogP contribution in [0.4, 0.5) is 5.69 Å². The second kappa shape index (κ2) is 13.3. The average molecular weight is 578 g/mol. The fourth-order valence-corrected chi connectivity index (χ4v) is 5.76. The number of benzene rings is 4. The number of aromatic nitrogens is 1. The van der Waals surface area contributed by atoms with Gasteiger partial charge in [-0.15, -0.1) is 0 Å². The molecular formula is C34H32ClN5O2. The van der Waals surface area contributed by atoms with Gasteiger partial charge in [0.2, 0.25) is 0 Å². The summed E-state index contributed by atoms with van der Waals surface area (Å²) in [5.41, 5.74) is 16.3. The van der Waals surface area contributed by atoms with E-state index in [4.69, 9.17) is 21.9 Å². The highest BCUT2D eigenvalue weighted by Crippen LogP contribution is 2.38. The molecule has 0 radical (unpaired) electrons. The van der Waals surface area contributed by atoms with Crippen LogP contribution in [0.25, 0.3) is 21.3 Å². The Hall–Kier alpha value is -4.71. The zero-order valence-electron chi connectivity index (χ0n) is 23.7. The van der Waals surface area contributed by atoms with E-state index in [-0.39, 0.29) is 12.0 Å². The van der Waals surface area contributed by atoms with Crippen LogP contribution in [0, 0.1) is 0 Å². The lowest BCUT2D eigenvalue weighted by atomic mass is 9.97. The van der Waals surface area contributed by atoms with Gasteiger partial charge in [0.25, 0.3) is 0 Å². The number of fused-ring (bicyclic) bond motifs is 1. The highest BCUT2D eigenvalue weighted by Gasteiger charge is 2.25. The van der Waals surface area contributed by atoms with Crippen LogP contribution in [0.3, 0.4) is 0 Å². The Bertz CT molecular complexity index is 1670. The minimum atomic E-state index is -0.357. The minimum Gasteiger partial charge on any atom is -0.465 e. The SMILES string of the molecule is COC(=O)c1ccc(N(C)CCc2c(CCN=[N+]=[N-])n(C(c3ccccc3)c3ccccc3)c3ccc(Cl)cc23)cc1. The van der Waals surface area contributed by atoms with Gasteiger partial charge >= 0.3 is 5.97 Å². The van der Waals surface area contributed by atoms with Crippen molar-refractivity contribution < 1.29 is 9.53 Å². The van der Waals surface area contributed by atoms with Gasteiger partial charge in [-0.25, -0.2) is 4.79 Å². The molecule has 1 aromatic heterocycles. The number of azide groups is 1. The number of hydrogen-bond acceptors (Lipinski definition) is 4. The molecule has 212 valence electrons. The zero-order valence-corrected chi connectivity index (χ0v) is 24.4. The molecule has 8 heteroatoms. The van der Waals surface area contributed by atoms with Gasteiger partial charge in [-0.3, -0.25) is 0 Å².